The second kappa shape index (κ2) is 10.2. The van der Waals surface area contributed by atoms with E-state index in [0.717, 1.165) is 56.8 Å². The fourth-order valence-corrected chi connectivity index (χ4v) is 5.41. The fraction of sp³-hybridized carbons (Fsp3) is 0.800. The fourth-order valence-electron chi connectivity index (χ4n) is 4.54. The Hall–Kier alpha value is -1.49. The lowest BCUT2D eigenvalue weighted by molar-refractivity contribution is -0.122. The minimum absolute atomic E-state index is 0.0416. The van der Waals surface area contributed by atoms with E-state index in [9.17, 15) is 13.2 Å². The lowest BCUT2D eigenvalue weighted by atomic mass is 9.98. The van der Waals surface area contributed by atoms with Crippen LogP contribution in [0.15, 0.2) is 6.07 Å². The number of nitrogens with one attached hydrogen (secondary N) is 1. The van der Waals surface area contributed by atoms with Crippen molar-refractivity contribution in [3.8, 4) is 0 Å². The van der Waals surface area contributed by atoms with E-state index < -0.39 is 10.0 Å². The van der Waals surface area contributed by atoms with Gasteiger partial charge >= 0.3 is 0 Å². The summed E-state index contributed by atoms with van der Waals surface area (Å²) in [6.45, 7) is 8.07. The zero-order valence-electron chi connectivity index (χ0n) is 18.3. The summed E-state index contributed by atoms with van der Waals surface area (Å²) in [5.41, 5.74) is 1.88. The molecular formula is C20H35N5O4S. The predicted octanol–water partition coefficient (Wildman–Crippen LogP) is 0.521. The lowest BCUT2D eigenvalue weighted by Crippen LogP contribution is -2.53. The van der Waals surface area contributed by atoms with Gasteiger partial charge in [0.15, 0.2) is 0 Å². The third-order valence-electron chi connectivity index (χ3n) is 6.11. The van der Waals surface area contributed by atoms with Gasteiger partial charge in [0, 0.05) is 57.2 Å². The van der Waals surface area contributed by atoms with Crippen molar-refractivity contribution in [2.24, 2.45) is 0 Å². The van der Waals surface area contributed by atoms with Crippen LogP contribution in [0.1, 0.15) is 37.1 Å². The van der Waals surface area contributed by atoms with Crippen molar-refractivity contribution in [2.75, 3.05) is 45.6 Å². The molecule has 10 heteroatoms. The minimum atomic E-state index is -3.13. The highest BCUT2D eigenvalue weighted by Gasteiger charge is 2.32. The molecule has 3 heterocycles. The highest BCUT2D eigenvalue weighted by molar-refractivity contribution is 7.88. The predicted molar refractivity (Wildman–Crippen MR) is 115 cm³/mol. The second-order valence-corrected chi connectivity index (χ2v) is 10.4. The van der Waals surface area contributed by atoms with E-state index >= 15 is 0 Å². The molecule has 0 atom stereocenters. The van der Waals surface area contributed by atoms with Crippen molar-refractivity contribution in [3.63, 3.8) is 0 Å². The number of ether oxygens (including phenoxy) is 1. The molecule has 0 saturated carbocycles. The number of sulfonamides is 1. The zero-order valence-corrected chi connectivity index (χ0v) is 19.2. The number of aryl methyl sites for hydroxylation is 2. The average Bonchev–Trinajstić information content (AvgIpc) is 3.02. The highest BCUT2D eigenvalue weighted by Crippen LogP contribution is 2.24. The Labute approximate surface area is 179 Å². The number of amides is 1. The van der Waals surface area contributed by atoms with E-state index in [1.807, 2.05) is 19.9 Å². The molecule has 3 rings (SSSR count). The molecule has 0 unspecified atom stereocenters. The summed E-state index contributed by atoms with van der Waals surface area (Å²) in [6, 6.07) is 2.71. The maximum atomic E-state index is 12.4. The Morgan fingerprint density at radius 2 is 1.83 bits per heavy atom. The van der Waals surface area contributed by atoms with Crippen molar-refractivity contribution >= 4 is 15.9 Å². The van der Waals surface area contributed by atoms with E-state index in [2.05, 4.69) is 15.3 Å². The van der Waals surface area contributed by atoms with Crippen LogP contribution < -0.4 is 5.32 Å². The molecule has 2 saturated heterocycles. The summed E-state index contributed by atoms with van der Waals surface area (Å²) in [7, 11) is -3.13. The number of piperidine rings is 1. The van der Waals surface area contributed by atoms with Crippen LogP contribution >= 0.6 is 0 Å². The van der Waals surface area contributed by atoms with Gasteiger partial charge in [-0.1, -0.05) is 0 Å². The van der Waals surface area contributed by atoms with Crippen LogP contribution in [-0.2, 0) is 26.1 Å². The Morgan fingerprint density at radius 3 is 2.40 bits per heavy atom. The Kier molecular flexibility index (Phi) is 7.89. The third kappa shape index (κ3) is 6.26. The van der Waals surface area contributed by atoms with Crippen molar-refractivity contribution < 1.29 is 17.9 Å². The molecule has 0 spiro atoms. The summed E-state index contributed by atoms with van der Waals surface area (Å²) >= 11 is 0. The number of hydrogen-bond acceptors (Lipinski definition) is 6. The molecular weight excluding hydrogens is 406 g/mol. The molecule has 2 aliphatic rings. The standard InChI is InChI=1S/C20H35N5O4S/c1-16-14-17(2)25(22-16)15-20(26)21-8-11-24(19-6-12-29-13-7-19)18-4-9-23(10-5-18)30(3,27)28/h14,18-19H,4-13,15H2,1-3H3,(H,21,26). The lowest BCUT2D eigenvalue weighted by Gasteiger charge is -2.43. The van der Waals surface area contributed by atoms with Gasteiger partial charge in [-0.05, 0) is 45.6 Å². The van der Waals surface area contributed by atoms with Crippen LogP contribution in [0.5, 0.6) is 0 Å². The molecule has 1 N–H and O–H groups in total. The van der Waals surface area contributed by atoms with Gasteiger partial charge in [-0.15, -0.1) is 0 Å². The molecule has 2 aliphatic heterocycles. The Balaban J connectivity index is 1.54. The molecule has 2 fully saturated rings. The van der Waals surface area contributed by atoms with Crippen molar-refractivity contribution in [3.05, 3.63) is 17.5 Å². The molecule has 0 aromatic carbocycles. The first-order chi connectivity index (χ1) is 14.2. The van der Waals surface area contributed by atoms with Crippen molar-refractivity contribution in [1.29, 1.82) is 0 Å². The quantitative estimate of drug-likeness (QED) is 0.632. The summed E-state index contributed by atoms with van der Waals surface area (Å²) in [5, 5.41) is 7.38. The van der Waals surface area contributed by atoms with Gasteiger partial charge in [0.2, 0.25) is 15.9 Å². The minimum Gasteiger partial charge on any atom is -0.381 e. The summed E-state index contributed by atoms with van der Waals surface area (Å²) in [6.07, 6.45) is 4.88. The van der Waals surface area contributed by atoms with Gasteiger partial charge in [-0.3, -0.25) is 14.4 Å². The largest absolute Gasteiger partial charge is 0.381 e. The summed E-state index contributed by atoms with van der Waals surface area (Å²) < 4.78 is 32.5. The molecule has 0 aliphatic carbocycles. The van der Waals surface area contributed by atoms with Gasteiger partial charge in [0.1, 0.15) is 6.54 Å². The molecule has 0 radical (unpaired) electrons. The SMILES string of the molecule is Cc1cc(C)n(CC(=O)NCCN(C2CCOCC2)C2CCN(S(C)(=O)=O)CC2)n1. The van der Waals surface area contributed by atoms with Crippen LogP contribution in [0.3, 0.4) is 0 Å². The third-order valence-corrected chi connectivity index (χ3v) is 7.41. The Bertz CT molecular complexity index is 811. The normalized spacial score (nSPS) is 20.0. The van der Waals surface area contributed by atoms with Gasteiger partial charge in [0.05, 0.1) is 11.9 Å². The maximum Gasteiger partial charge on any atom is 0.241 e. The Morgan fingerprint density at radius 1 is 1.20 bits per heavy atom. The van der Waals surface area contributed by atoms with Crippen LogP contribution in [-0.4, -0.2) is 91.0 Å². The van der Waals surface area contributed by atoms with E-state index in [4.69, 9.17) is 4.74 Å². The van der Waals surface area contributed by atoms with E-state index in [-0.39, 0.29) is 12.5 Å². The maximum absolute atomic E-state index is 12.4. The van der Waals surface area contributed by atoms with Gasteiger partial charge in [-0.25, -0.2) is 12.7 Å². The summed E-state index contributed by atoms with van der Waals surface area (Å²) in [4.78, 5) is 14.9. The molecule has 170 valence electrons. The van der Waals surface area contributed by atoms with Gasteiger partial charge < -0.3 is 10.1 Å². The van der Waals surface area contributed by atoms with Crippen LogP contribution in [0.25, 0.3) is 0 Å². The van der Waals surface area contributed by atoms with Crippen molar-refractivity contribution in [2.45, 2.75) is 58.2 Å². The molecule has 9 nitrogen and oxygen atoms in total. The number of carbonyl (C=O) groups is 1. The second-order valence-electron chi connectivity index (χ2n) is 8.41. The first-order valence-electron chi connectivity index (χ1n) is 10.8. The monoisotopic (exact) mass is 441 g/mol. The number of nitrogens with zero attached hydrogens (tertiary/aromatic N) is 4. The van der Waals surface area contributed by atoms with Gasteiger partial charge in [-0.2, -0.15) is 5.10 Å². The molecule has 0 bridgehead atoms. The molecule has 1 aromatic heterocycles. The topological polar surface area (TPSA) is 96.8 Å². The highest BCUT2D eigenvalue weighted by atomic mass is 32.2. The number of carbonyl (C=O) groups excluding carboxylic acids is 1. The number of hydrogen-bond donors (Lipinski definition) is 1. The van der Waals surface area contributed by atoms with Crippen LogP contribution in [0.4, 0.5) is 0 Å². The van der Waals surface area contributed by atoms with Crippen LogP contribution in [0, 0.1) is 13.8 Å². The smallest absolute Gasteiger partial charge is 0.241 e. The van der Waals surface area contributed by atoms with E-state index in [0.29, 0.717) is 31.7 Å². The van der Waals surface area contributed by atoms with Crippen LogP contribution in [0.2, 0.25) is 0 Å². The van der Waals surface area contributed by atoms with Crippen molar-refractivity contribution in [1.82, 2.24) is 24.3 Å². The average molecular weight is 442 g/mol. The van der Waals surface area contributed by atoms with E-state index in [1.165, 1.54) is 6.26 Å². The molecule has 1 aromatic rings. The molecule has 30 heavy (non-hydrogen) atoms. The van der Waals surface area contributed by atoms with Gasteiger partial charge in [0.25, 0.3) is 0 Å². The number of aromatic nitrogens is 2. The first-order valence-corrected chi connectivity index (χ1v) is 12.6. The summed E-state index contributed by atoms with van der Waals surface area (Å²) in [5.74, 6) is -0.0416. The molecule has 1 amide bonds. The number of rotatable bonds is 8. The zero-order chi connectivity index (χ0) is 21.7. The first kappa shape index (κ1) is 23.2. The van der Waals surface area contributed by atoms with E-state index in [1.54, 1.807) is 8.99 Å².